The lowest BCUT2D eigenvalue weighted by Crippen LogP contribution is -2.44. The van der Waals surface area contributed by atoms with Crippen molar-refractivity contribution in [2.75, 3.05) is 45.5 Å². The lowest BCUT2D eigenvalue weighted by molar-refractivity contribution is -0.121. The van der Waals surface area contributed by atoms with E-state index < -0.39 is 0 Å². The van der Waals surface area contributed by atoms with Gasteiger partial charge in [-0.05, 0) is 31.4 Å². The number of hydrogen-bond donors (Lipinski definition) is 2. The minimum atomic E-state index is 0.0609. The average molecular weight is 362 g/mol. The molecule has 0 atom stereocenters. The Balaban J connectivity index is 1.52. The van der Waals surface area contributed by atoms with Crippen LogP contribution in [0.15, 0.2) is 24.3 Å². The number of piperazine rings is 1. The first-order chi connectivity index (χ1) is 12.3. The highest BCUT2D eigenvalue weighted by molar-refractivity contribution is 7.97. The summed E-state index contributed by atoms with van der Waals surface area (Å²) >= 11 is 1.72. The number of nitrogens with zero attached hydrogens (tertiary/aromatic N) is 3. The molecule has 0 spiro atoms. The van der Waals surface area contributed by atoms with Crippen molar-refractivity contribution < 1.29 is 4.79 Å². The molecule has 0 unspecified atom stereocenters. The van der Waals surface area contributed by atoms with Crippen LogP contribution in [0.5, 0.6) is 0 Å². The smallest absolute Gasteiger partial charge is 0.240 e. The fourth-order valence-corrected chi connectivity index (χ4v) is 3.68. The third-order valence-corrected chi connectivity index (χ3v) is 5.04. The number of hydrogen-bond acceptors (Lipinski definition) is 5. The number of carbonyl (C=O) groups excluding carboxylic acids is 1. The molecule has 2 heterocycles. The first kappa shape index (κ1) is 18.2. The van der Waals surface area contributed by atoms with Crippen LogP contribution in [-0.2, 0) is 17.1 Å². The summed E-state index contributed by atoms with van der Waals surface area (Å²) in [6.45, 7) is 6.46. The Hall–Kier alpha value is -1.57. The molecule has 25 heavy (non-hydrogen) atoms. The number of benzene rings is 1. The summed E-state index contributed by atoms with van der Waals surface area (Å²) in [6, 6.07) is 8.01. The van der Waals surface area contributed by atoms with Crippen molar-refractivity contribution >= 4 is 28.7 Å². The molecule has 1 aliphatic rings. The highest BCUT2D eigenvalue weighted by Crippen LogP contribution is 2.18. The van der Waals surface area contributed by atoms with Gasteiger partial charge in [-0.25, -0.2) is 4.98 Å². The van der Waals surface area contributed by atoms with Gasteiger partial charge in [-0.1, -0.05) is 12.1 Å². The second-order valence-electron chi connectivity index (χ2n) is 6.33. The maximum atomic E-state index is 12.4. The summed E-state index contributed by atoms with van der Waals surface area (Å²) in [5.41, 5.74) is 1.99. The number of fused-ring (bicyclic) bond motifs is 1. The van der Waals surface area contributed by atoms with Gasteiger partial charge in [-0.2, -0.15) is 11.8 Å². The summed E-state index contributed by atoms with van der Waals surface area (Å²) in [7, 11) is 0. The Kier molecular flexibility index (Phi) is 6.72. The molecule has 0 bridgehead atoms. The van der Waals surface area contributed by atoms with E-state index in [1.165, 1.54) is 0 Å². The normalized spacial score (nSPS) is 15.6. The van der Waals surface area contributed by atoms with Crippen molar-refractivity contribution in [2.24, 2.45) is 0 Å². The number of aromatic nitrogens is 2. The number of imidazole rings is 1. The lowest BCUT2D eigenvalue weighted by atomic mass is 10.3. The zero-order chi connectivity index (χ0) is 17.5. The summed E-state index contributed by atoms with van der Waals surface area (Å²) in [5, 5.41) is 6.41. The number of rotatable bonds is 8. The highest BCUT2D eigenvalue weighted by atomic mass is 32.2. The average Bonchev–Trinajstić information content (AvgIpc) is 2.97. The minimum Gasteiger partial charge on any atom is -0.355 e. The zero-order valence-electron chi connectivity index (χ0n) is 14.8. The first-order valence-electron chi connectivity index (χ1n) is 8.91. The highest BCUT2D eigenvalue weighted by Gasteiger charge is 2.13. The fraction of sp³-hybridized carbons (Fsp3) is 0.556. The number of nitrogens with one attached hydrogen (secondary N) is 2. The SMILES string of the molecule is CSCc1nc2ccccc2n1CC(=O)NCCCN1CCNCC1. The van der Waals surface area contributed by atoms with Crippen molar-refractivity contribution in [1.82, 2.24) is 25.1 Å². The van der Waals surface area contributed by atoms with Crippen LogP contribution in [0.25, 0.3) is 11.0 Å². The molecule has 0 aliphatic carbocycles. The van der Waals surface area contributed by atoms with Crippen LogP contribution < -0.4 is 10.6 Å². The van der Waals surface area contributed by atoms with Crippen LogP contribution in [0, 0.1) is 0 Å². The number of carbonyl (C=O) groups is 1. The van der Waals surface area contributed by atoms with E-state index in [0.29, 0.717) is 6.54 Å². The van der Waals surface area contributed by atoms with Crippen LogP contribution >= 0.6 is 11.8 Å². The molecule has 136 valence electrons. The maximum absolute atomic E-state index is 12.4. The van der Waals surface area contributed by atoms with Crippen molar-refractivity contribution in [3.05, 3.63) is 30.1 Å². The Labute approximate surface area is 153 Å². The fourth-order valence-electron chi connectivity index (χ4n) is 3.21. The zero-order valence-corrected chi connectivity index (χ0v) is 15.6. The second-order valence-corrected chi connectivity index (χ2v) is 7.20. The van der Waals surface area contributed by atoms with E-state index >= 15 is 0 Å². The predicted molar refractivity (Wildman–Crippen MR) is 104 cm³/mol. The molecular formula is C18H27N5OS. The van der Waals surface area contributed by atoms with Crippen molar-refractivity contribution in [2.45, 2.75) is 18.7 Å². The molecule has 1 aliphatic heterocycles. The van der Waals surface area contributed by atoms with E-state index in [4.69, 9.17) is 0 Å². The molecule has 3 rings (SSSR count). The Bertz CT molecular complexity index is 696. The molecule has 1 aromatic carbocycles. The van der Waals surface area contributed by atoms with Crippen molar-refractivity contribution in [3.8, 4) is 0 Å². The maximum Gasteiger partial charge on any atom is 0.240 e. The molecule has 6 nitrogen and oxygen atoms in total. The van der Waals surface area contributed by atoms with Gasteiger partial charge in [0.2, 0.25) is 5.91 Å². The lowest BCUT2D eigenvalue weighted by Gasteiger charge is -2.27. The van der Waals surface area contributed by atoms with Crippen LogP contribution in [-0.4, -0.2) is 65.9 Å². The van der Waals surface area contributed by atoms with Gasteiger partial charge in [0, 0.05) is 32.7 Å². The number of para-hydroxylation sites is 2. The monoisotopic (exact) mass is 361 g/mol. The van der Waals surface area contributed by atoms with Gasteiger partial charge >= 0.3 is 0 Å². The Morgan fingerprint density at radius 3 is 2.92 bits per heavy atom. The Morgan fingerprint density at radius 1 is 1.32 bits per heavy atom. The quantitative estimate of drug-likeness (QED) is 0.694. The van der Waals surface area contributed by atoms with Gasteiger partial charge in [0.15, 0.2) is 0 Å². The van der Waals surface area contributed by atoms with Crippen LogP contribution in [0.4, 0.5) is 0 Å². The van der Waals surface area contributed by atoms with E-state index in [1.807, 2.05) is 28.8 Å². The van der Waals surface area contributed by atoms with Crippen molar-refractivity contribution in [3.63, 3.8) is 0 Å². The van der Waals surface area contributed by atoms with Crippen LogP contribution in [0.3, 0.4) is 0 Å². The van der Waals surface area contributed by atoms with Gasteiger partial charge in [-0.3, -0.25) is 4.79 Å². The molecule has 1 saturated heterocycles. The van der Waals surface area contributed by atoms with Gasteiger partial charge in [0.25, 0.3) is 0 Å². The number of thioether (sulfide) groups is 1. The van der Waals surface area contributed by atoms with E-state index in [1.54, 1.807) is 11.8 Å². The van der Waals surface area contributed by atoms with E-state index in [9.17, 15) is 4.79 Å². The molecule has 0 saturated carbocycles. The molecule has 2 aromatic rings. The molecule has 7 heteroatoms. The van der Waals surface area contributed by atoms with E-state index in [2.05, 4.69) is 26.8 Å². The largest absolute Gasteiger partial charge is 0.355 e. The molecular weight excluding hydrogens is 334 g/mol. The second kappa shape index (κ2) is 9.22. The molecule has 1 fully saturated rings. The summed E-state index contributed by atoms with van der Waals surface area (Å²) < 4.78 is 2.04. The van der Waals surface area contributed by atoms with Gasteiger partial charge < -0.3 is 20.1 Å². The third-order valence-electron chi connectivity index (χ3n) is 4.49. The number of amides is 1. The molecule has 1 amide bonds. The summed E-state index contributed by atoms with van der Waals surface area (Å²) in [4.78, 5) is 19.5. The Morgan fingerprint density at radius 2 is 2.12 bits per heavy atom. The van der Waals surface area contributed by atoms with Crippen molar-refractivity contribution in [1.29, 1.82) is 0 Å². The van der Waals surface area contributed by atoms with Gasteiger partial charge in [0.05, 0.1) is 16.8 Å². The summed E-state index contributed by atoms with van der Waals surface area (Å²) in [6.07, 6.45) is 3.05. The van der Waals surface area contributed by atoms with Crippen LogP contribution in [0.2, 0.25) is 0 Å². The van der Waals surface area contributed by atoms with Gasteiger partial charge in [-0.15, -0.1) is 0 Å². The topological polar surface area (TPSA) is 62.2 Å². The van der Waals surface area contributed by atoms with Gasteiger partial charge in [0.1, 0.15) is 12.4 Å². The van der Waals surface area contributed by atoms with E-state index in [-0.39, 0.29) is 5.91 Å². The first-order valence-corrected chi connectivity index (χ1v) is 10.3. The van der Waals surface area contributed by atoms with Crippen LogP contribution in [0.1, 0.15) is 12.2 Å². The molecule has 2 N–H and O–H groups in total. The summed E-state index contributed by atoms with van der Waals surface area (Å²) in [5.74, 6) is 1.83. The third kappa shape index (κ3) is 4.96. The van der Waals surface area contributed by atoms with E-state index in [0.717, 1.165) is 68.3 Å². The molecule has 1 aromatic heterocycles. The standard InChI is InChI=1S/C18H27N5OS/c1-25-14-17-21-15-5-2-3-6-16(15)23(17)13-18(24)20-7-4-10-22-11-8-19-9-12-22/h2-3,5-6,19H,4,7-14H2,1H3,(H,20,24). The predicted octanol–water partition coefficient (Wildman–Crippen LogP) is 1.31. The molecule has 0 radical (unpaired) electrons. The minimum absolute atomic E-state index is 0.0609.